The van der Waals surface area contributed by atoms with Crippen LogP contribution in [0.2, 0.25) is 0 Å². The zero-order valence-electron chi connectivity index (χ0n) is 6.62. The smallest absolute Gasteiger partial charge is 0.156 e. The van der Waals surface area contributed by atoms with E-state index in [1.807, 2.05) is 0 Å². The first-order chi connectivity index (χ1) is 5.23. The molecule has 0 amide bonds. The lowest BCUT2D eigenvalue weighted by molar-refractivity contribution is -0.0160. The van der Waals surface area contributed by atoms with Gasteiger partial charge in [-0.3, -0.25) is 4.90 Å². The molecule has 0 radical (unpaired) electrons. The van der Waals surface area contributed by atoms with E-state index in [0.717, 1.165) is 26.3 Å². The minimum absolute atomic E-state index is 0.0978. The number of hydrogen-bond donors (Lipinski definition) is 1. The first kappa shape index (κ1) is 7.86. The molecule has 2 aliphatic rings. The number of ether oxygens (including phenoxy) is 2. The second kappa shape index (κ2) is 2.62. The van der Waals surface area contributed by atoms with E-state index >= 15 is 0 Å². The van der Waals surface area contributed by atoms with E-state index in [4.69, 9.17) is 9.47 Å². The number of epoxide rings is 1. The summed E-state index contributed by atoms with van der Waals surface area (Å²) in [5.41, 5.74) is -0.00650. The lowest BCUT2D eigenvalue weighted by Crippen LogP contribution is -2.45. The molecule has 2 aliphatic heterocycles. The Morgan fingerprint density at radius 1 is 1.45 bits per heavy atom. The van der Waals surface area contributed by atoms with Crippen LogP contribution < -0.4 is 0 Å². The van der Waals surface area contributed by atoms with Gasteiger partial charge >= 0.3 is 0 Å². The molecule has 2 rings (SSSR count). The van der Waals surface area contributed by atoms with Crippen LogP contribution in [0, 0.1) is 0 Å². The Morgan fingerprint density at radius 3 is 2.45 bits per heavy atom. The Kier molecular flexibility index (Phi) is 1.87. The van der Waals surface area contributed by atoms with Crippen LogP contribution in [-0.4, -0.2) is 42.4 Å². The summed E-state index contributed by atoms with van der Waals surface area (Å²) in [4.78, 5) is 2.29. The van der Waals surface area contributed by atoms with Crippen LogP contribution in [-0.2, 0) is 9.47 Å². The van der Waals surface area contributed by atoms with Gasteiger partial charge in [0.1, 0.15) is 5.44 Å². The number of morpholine rings is 1. The minimum atomic E-state index is -0.104. The third-order valence-electron chi connectivity index (χ3n) is 2.39. The Morgan fingerprint density at radius 2 is 2.00 bits per heavy atom. The molecule has 2 atom stereocenters. The minimum Gasteiger partial charge on any atom is -0.379 e. The summed E-state index contributed by atoms with van der Waals surface area (Å²) >= 11 is 4.26. The predicted molar refractivity (Wildman–Crippen MR) is 44.7 cm³/mol. The van der Waals surface area contributed by atoms with Crippen molar-refractivity contribution in [2.45, 2.75) is 18.1 Å². The van der Waals surface area contributed by atoms with Crippen LogP contribution in [0.25, 0.3) is 0 Å². The van der Waals surface area contributed by atoms with Gasteiger partial charge in [-0.15, -0.1) is 12.6 Å². The molecular formula is C7H13NO2S. The highest BCUT2D eigenvalue weighted by atomic mass is 32.1. The predicted octanol–water partition coefficient (Wildman–Crippen LogP) is 0.321. The van der Waals surface area contributed by atoms with Crippen LogP contribution in [0.3, 0.4) is 0 Å². The standard InChI is InChI=1S/C7H13NO2S/c1-7(6(11)10-7)8-2-4-9-5-3-8/h6,11H,2-5H2,1H3. The van der Waals surface area contributed by atoms with Crippen molar-refractivity contribution in [3.8, 4) is 0 Å². The van der Waals surface area contributed by atoms with E-state index in [1.54, 1.807) is 0 Å². The van der Waals surface area contributed by atoms with Gasteiger partial charge in [0.25, 0.3) is 0 Å². The SMILES string of the molecule is CC1(N2CCOCC2)OC1S. The van der Waals surface area contributed by atoms with Crippen molar-refractivity contribution >= 4 is 12.6 Å². The number of thiol groups is 1. The fourth-order valence-electron chi connectivity index (χ4n) is 1.43. The van der Waals surface area contributed by atoms with Crippen molar-refractivity contribution in [2.24, 2.45) is 0 Å². The van der Waals surface area contributed by atoms with Crippen LogP contribution in [0.4, 0.5) is 0 Å². The average molecular weight is 175 g/mol. The molecule has 2 saturated heterocycles. The van der Waals surface area contributed by atoms with Gasteiger partial charge in [0, 0.05) is 13.1 Å². The van der Waals surface area contributed by atoms with Gasteiger partial charge < -0.3 is 9.47 Å². The van der Waals surface area contributed by atoms with E-state index in [-0.39, 0.29) is 11.2 Å². The number of rotatable bonds is 1. The summed E-state index contributed by atoms with van der Waals surface area (Å²) in [6, 6.07) is 0. The Labute approximate surface area is 72.1 Å². The molecule has 0 spiro atoms. The number of nitrogens with zero attached hydrogens (tertiary/aromatic N) is 1. The van der Waals surface area contributed by atoms with E-state index in [9.17, 15) is 0 Å². The van der Waals surface area contributed by atoms with Crippen molar-refractivity contribution < 1.29 is 9.47 Å². The Hall–Kier alpha value is 0.230. The molecule has 0 saturated carbocycles. The maximum Gasteiger partial charge on any atom is 0.156 e. The van der Waals surface area contributed by atoms with Crippen LogP contribution in [0.5, 0.6) is 0 Å². The fraction of sp³-hybridized carbons (Fsp3) is 1.00. The van der Waals surface area contributed by atoms with E-state index in [2.05, 4.69) is 24.5 Å². The lowest BCUT2D eigenvalue weighted by Gasteiger charge is -2.30. The summed E-state index contributed by atoms with van der Waals surface area (Å²) in [5, 5.41) is 0. The molecule has 2 unspecified atom stereocenters. The maximum absolute atomic E-state index is 5.38. The van der Waals surface area contributed by atoms with Gasteiger partial charge in [0.05, 0.1) is 13.2 Å². The van der Waals surface area contributed by atoms with Gasteiger partial charge in [-0.25, -0.2) is 0 Å². The van der Waals surface area contributed by atoms with Crippen molar-refractivity contribution in [1.82, 2.24) is 4.90 Å². The average Bonchev–Trinajstić information content (AvgIpc) is 2.64. The summed E-state index contributed by atoms with van der Waals surface area (Å²) < 4.78 is 10.6. The molecule has 64 valence electrons. The first-order valence-electron chi connectivity index (χ1n) is 3.92. The highest BCUT2D eigenvalue weighted by molar-refractivity contribution is 7.81. The van der Waals surface area contributed by atoms with Crippen LogP contribution in [0.15, 0.2) is 0 Å². The molecule has 0 aliphatic carbocycles. The summed E-state index contributed by atoms with van der Waals surface area (Å²) in [6.07, 6.45) is 0. The molecular weight excluding hydrogens is 162 g/mol. The van der Waals surface area contributed by atoms with Crippen molar-refractivity contribution in [2.75, 3.05) is 26.3 Å². The third kappa shape index (κ3) is 1.28. The van der Waals surface area contributed by atoms with Crippen molar-refractivity contribution in [1.29, 1.82) is 0 Å². The van der Waals surface area contributed by atoms with Gasteiger partial charge in [-0.1, -0.05) is 0 Å². The molecule has 11 heavy (non-hydrogen) atoms. The second-order valence-corrected chi connectivity index (χ2v) is 3.59. The summed E-state index contributed by atoms with van der Waals surface area (Å²) in [5.74, 6) is 0. The molecule has 4 heteroatoms. The van der Waals surface area contributed by atoms with Gasteiger partial charge in [-0.05, 0) is 6.92 Å². The van der Waals surface area contributed by atoms with Gasteiger partial charge in [0.15, 0.2) is 5.72 Å². The fourth-order valence-corrected chi connectivity index (χ4v) is 1.81. The van der Waals surface area contributed by atoms with E-state index in [0.29, 0.717) is 0 Å². The van der Waals surface area contributed by atoms with Crippen molar-refractivity contribution in [3.05, 3.63) is 0 Å². The number of hydrogen-bond acceptors (Lipinski definition) is 4. The highest BCUT2D eigenvalue weighted by Crippen LogP contribution is 2.41. The van der Waals surface area contributed by atoms with Crippen LogP contribution >= 0.6 is 12.6 Å². The molecule has 0 aromatic carbocycles. The lowest BCUT2D eigenvalue weighted by atomic mass is 10.3. The van der Waals surface area contributed by atoms with E-state index < -0.39 is 0 Å². The monoisotopic (exact) mass is 175 g/mol. The quantitative estimate of drug-likeness (QED) is 0.459. The van der Waals surface area contributed by atoms with Gasteiger partial charge in [0.2, 0.25) is 0 Å². The first-order valence-corrected chi connectivity index (χ1v) is 4.44. The second-order valence-electron chi connectivity index (χ2n) is 3.12. The largest absolute Gasteiger partial charge is 0.379 e. The zero-order chi connectivity index (χ0) is 7.90. The normalized spacial score (nSPS) is 45.8. The summed E-state index contributed by atoms with van der Waals surface area (Å²) in [7, 11) is 0. The Bertz CT molecular complexity index is 161. The molecule has 2 heterocycles. The molecule has 2 fully saturated rings. The van der Waals surface area contributed by atoms with E-state index in [1.165, 1.54) is 0 Å². The molecule has 0 N–H and O–H groups in total. The Balaban J connectivity index is 1.94. The molecule has 3 nitrogen and oxygen atoms in total. The van der Waals surface area contributed by atoms with Gasteiger partial charge in [-0.2, -0.15) is 0 Å². The van der Waals surface area contributed by atoms with Crippen LogP contribution in [0.1, 0.15) is 6.92 Å². The van der Waals surface area contributed by atoms with Crippen molar-refractivity contribution in [3.63, 3.8) is 0 Å². The topological polar surface area (TPSA) is 25.0 Å². The highest BCUT2D eigenvalue weighted by Gasteiger charge is 2.54. The third-order valence-corrected chi connectivity index (χ3v) is 2.97. The zero-order valence-corrected chi connectivity index (χ0v) is 7.51. The molecule has 0 aromatic heterocycles. The summed E-state index contributed by atoms with van der Waals surface area (Å²) in [6.45, 7) is 5.65. The molecule has 0 aromatic rings. The maximum atomic E-state index is 5.38. The molecule has 0 bridgehead atoms.